The minimum absolute atomic E-state index is 0.0144. The molecule has 0 aromatic heterocycles. The monoisotopic (exact) mass is 298 g/mol. The molecule has 0 radical (unpaired) electrons. The third-order valence-electron chi connectivity index (χ3n) is 1.52. The summed E-state index contributed by atoms with van der Waals surface area (Å²) in [4.78, 5) is 0. The van der Waals surface area contributed by atoms with E-state index in [1.54, 1.807) is 0 Å². The second kappa shape index (κ2) is 14.0. The Hall–Kier alpha value is -0.450. The highest BCUT2D eigenvalue weighted by atomic mass is 35.5. The Labute approximate surface area is 120 Å². The fraction of sp³-hybridized carbons (Fsp3) is 0.714. The van der Waals surface area contributed by atoms with Crippen molar-refractivity contribution in [1.29, 1.82) is 0 Å². The van der Waals surface area contributed by atoms with Gasteiger partial charge < -0.3 is 9.47 Å². The minimum atomic E-state index is -1.68. The van der Waals surface area contributed by atoms with Crippen LogP contribution in [-0.4, -0.2) is 26.4 Å². The van der Waals surface area contributed by atoms with E-state index in [1.165, 1.54) is 0 Å². The SMILES string of the molecule is C=C(Cl)COCC(C)C.CC(C)COCC=C(F)F. The van der Waals surface area contributed by atoms with E-state index in [9.17, 15) is 8.78 Å². The Balaban J connectivity index is 0. The van der Waals surface area contributed by atoms with Crippen LogP contribution in [0.1, 0.15) is 27.7 Å². The van der Waals surface area contributed by atoms with Crippen molar-refractivity contribution in [3.8, 4) is 0 Å². The molecule has 0 saturated carbocycles. The van der Waals surface area contributed by atoms with Crippen LogP contribution in [0.4, 0.5) is 8.78 Å². The molecule has 0 N–H and O–H groups in total. The molecular weight excluding hydrogens is 274 g/mol. The summed E-state index contributed by atoms with van der Waals surface area (Å²) in [6.45, 7) is 13.4. The number of ether oxygens (including phenoxy) is 2. The van der Waals surface area contributed by atoms with Crippen LogP contribution < -0.4 is 0 Å². The summed E-state index contributed by atoms with van der Waals surface area (Å²) >= 11 is 5.44. The standard InChI is InChI=1S/C7H13ClO.C7H12F2O/c1-6(2)4-9-5-7(3)8;1-6(2)5-10-4-3-7(8)9/h6H,3-5H2,1-2H3;3,6H,4-5H2,1-2H3. The quantitative estimate of drug-likeness (QED) is 0.596. The average Bonchev–Trinajstić information content (AvgIpc) is 2.23. The molecule has 0 aromatic rings. The Bertz CT molecular complexity index is 250. The van der Waals surface area contributed by atoms with Crippen LogP contribution in [-0.2, 0) is 9.47 Å². The maximum absolute atomic E-state index is 11.3. The van der Waals surface area contributed by atoms with Gasteiger partial charge in [0.1, 0.15) is 0 Å². The molecule has 0 aliphatic rings. The Morgan fingerprint density at radius 3 is 1.95 bits per heavy atom. The highest BCUT2D eigenvalue weighted by molar-refractivity contribution is 6.29. The lowest BCUT2D eigenvalue weighted by Crippen LogP contribution is -2.02. The first-order chi connectivity index (χ1) is 8.75. The molecule has 0 amide bonds. The van der Waals surface area contributed by atoms with E-state index in [0.29, 0.717) is 30.1 Å². The summed E-state index contributed by atoms with van der Waals surface area (Å²) in [6, 6.07) is 0. The van der Waals surface area contributed by atoms with Gasteiger partial charge in [-0.3, -0.25) is 0 Å². The number of hydrogen-bond acceptors (Lipinski definition) is 2. The Morgan fingerprint density at radius 1 is 1.11 bits per heavy atom. The molecule has 114 valence electrons. The molecule has 0 aromatic carbocycles. The predicted molar refractivity (Wildman–Crippen MR) is 76.6 cm³/mol. The van der Waals surface area contributed by atoms with Gasteiger partial charge in [0.2, 0.25) is 0 Å². The van der Waals surface area contributed by atoms with Gasteiger partial charge in [-0.15, -0.1) is 0 Å². The molecule has 0 fully saturated rings. The van der Waals surface area contributed by atoms with Gasteiger partial charge in [-0.2, -0.15) is 8.78 Å². The first-order valence-corrected chi connectivity index (χ1v) is 6.63. The maximum Gasteiger partial charge on any atom is 0.268 e. The van der Waals surface area contributed by atoms with Gasteiger partial charge in [0, 0.05) is 24.3 Å². The van der Waals surface area contributed by atoms with Crippen LogP contribution in [0.25, 0.3) is 0 Å². The summed E-state index contributed by atoms with van der Waals surface area (Å²) in [7, 11) is 0. The van der Waals surface area contributed by atoms with E-state index in [-0.39, 0.29) is 6.61 Å². The fourth-order valence-electron chi connectivity index (χ4n) is 0.831. The lowest BCUT2D eigenvalue weighted by Gasteiger charge is -2.04. The number of rotatable bonds is 8. The molecule has 0 bridgehead atoms. The highest BCUT2D eigenvalue weighted by Crippen LogP contribution is 1.99. The normalized spacial score (nSPS) is 10.2. The molecule has 0 rings (SSSR count). The van der Waals surface area contributed by atoms with E-state index in [0.717, 1.165) is 12.7 Å². The van der Waals surface area contributed by atoms with Crippen molar-refractivity contribution in [1.82, 2.24) is 0 Å². The van der Waals surface area contributed by atoms with Gasteiger partial charge >= 0.3 is 0 Å². The molecule has 0 aliphatic heterocycles. The highest BCUT2D eigenvalue weighted by Gasteiger charge is 1.93. The topological polar surface area (TPSA) is 18.5 Å². The van der Waals surface area contributed by atoms with Gasteiger partial charge in [0.05, 0.1) is 13.2 Å². The van der Waals surface area contributed by atoms with Gasteiger partial charge in [-0.25, -0.2) is 0 Å². The molecule has 0 atom stereocenters. The Morgan fingerprint density at radius 2 is 1.58 bits per heavy atom. The van der Waals surface area contributed by atoms with Gasteiger partial charge in [-0.05, 0) is 11.8 Å². The number of hydrogen-bond donors (Lipinski definition) is 0. The molecule has 0 unspecified atom stereocenters. The predicted octanol–water partition coefficient (Wildman–Crippen LogP) is 4.85. The summed E-state index contributed by atoms with van der Waals surface area (Å²) in [5.74, 6) is 0.970. The van der Waals surface area contributed by atoms with Crippen molar-refractivity contribution < 1.29 is 18.3 Å². The average molecular weight is 299 g/mol. The van der Waals surface area contributed by atoms with Crippen molar-refractivity contribution in [2.24, 2.45) is 11.8 Å². The third-order valence-corrected chi connectivity index (χ3v) is 1.63. The van der Waals surface area contributed by atoms with Gasteiger partial charge in [-0.1, -0.05) is 45.9 Å². The van der Waals surface area contributed by atoms with Crippen LogP contribution in [0.5, 0.6) is 0 Å². The zero-order valence-electron chi connectivity index (χ0n) is 12.2. The second-order valence-electron chi connectivity index (χ2n) is 4.85. The van der Waals surface area contributed by atoms with Crippen LogP contribution in [0, 0.1) is 11.8 Å². The van der Waals surface area contributed by atoms with Crippen LogP contribution >= 0.6 is 11.6 Å². The molecule has 19 heavy (non-hydrogen) atoms. The zero-order chi connectivity index (χ0) is 15.3. The summed E-state index contributed by atoms with van der Waals surface area (Å²) in [5.41, 5.74) is 0. The van der Waals surface area contributed by atoms with Crippen molar-refractivity contribution in [3.63, 3.8) is 0 Å². The molecule has 0 heterocycles. The molecule has 5 heteroatoms. The Kier molecular flexibility index (Phi) is 15.3. The van der Waals surface area contributed by atoms with Crippen LogP contribution in [0.2, 0.25) is 0 Å². The molecule has 0 aliphatic carbocycles. The van der Waals surface area contributed by atoms with Crippen molar-refractivity contribution in [2.45, 2.75) is 27.7 Å². The summed E-state index contributed by atoms with van der Waals surface area (Å²) in [6.07, 6.45) is -0.911. The second-order valence-corrected chi connectivity index (χ2v) is 5.39. The number of halogens is 3. The van der Waals surface area contributed by atoms with Crippen molar-refractivity contribution >= 4 is 11.6 Å². The van der Waals surface area contributed by atoms with E-state index in [1.807, 2.05) is 13.8 Å². The minimum Gasteiger partial charge on any atom is -0.377 e. The first kappa shape index (κ1) is 20.9. The third kappa shape index (κ3) is 26.9. The van der Waals surface area contributed by atoms with Gasteiger partial charge in [0.25, 0.3) is 6.08 Å². The van der Waals surface area contributed by atoms with E-state index in [2.05, 4.69) is 20.4 Å². The lowest BCUT2D eigenvalue weighted by molar-refractivity contribution is 0.132. The van der Waals surface area contributed by atoms with Crippen LogP contribution in [0.3, 0.4) is 0 Å². The van der Waals surface area contributed by atoms with E-state index >= 15 is 0 Å². The first-order valence-electron chi connectivity index (χ1n) is 6.25. The summed E-state index contributed by atoms with van der Waals surface area (Å²) in [5, 5.41) is 0.565. The van der Waals surface area contributed by atoms with Gasteiger partial charge in [0.15, 0.2) is 0 Å². The molecule has 0 saturated heterocycles. The van der Waals surface area contributed by atoms with Crippen molar-refractivity contribution in [2.75, 3.05) is 26.4 Å². The smallest absolute Gasteiger partial charge is 0.268 e. The molecular formula is C14H25ClF2O2. The summed E-state index contributed by atoms with van der Waals surface area (Å²) < 4.78 is 32.7. The molecule has 2 nitrogen and oxygen atoms in total. The van der Waals surface area contributed by atoms with E-state index in [4.69, 9.17) is 21.1 Å². The molecule has 0 spiro atoms. The fourth-order valence-corrected chi connectivity index (χ4v) is 0.908. The van der Waals surface area contributed by atoms with Crippen LogP contribution in [0.15, 0.2) is 23.8 Å². The maximum atomic E-state index is 11.3. The van der Waals surface area contributed by atoms with E-state index < -0.39 is 6.08 Å². The lowest BCUT2D eigenvalue weighted by atomic mass is 10.2. The largest absolute Gasteiger partial charge is 0.377 e. The van der Waals surface area contributed by atoms with Crippen molar-refractivity contribution in [3.05, 3.63) is 23.8 Å². The zero-order valence-corrected chi connectivity index (χ0v) is 13.0.